The number of thiophene rings is 1. The van der Waals surface area contributed by atoms with Crippen LogP contribution in [0.5, 0.6) is 0 Å². The molecule has 0 bridgehead atoms. The fraction of sp³-hybridized carbons (Fsp3) is 0.250. The third-order valence-electron chi connectivity index (χ3n) is 5.07. The van der Waals surface area contributed by atoms with Gasteiger partial charge in [0.15, 0.2) is 0 Å². The van der Waals surface area contributed by atoms with Gasteiger partial charge in [0, 0.05) is 16.7 Å². The first-order valence-electron chi connectivity index (χ1n) is 8.48. The van der Waals surface area contributed by atoms with Gasteiger partial charge in [-0.3, -0.25) is 9.57 Å². The Labute approximate surface area is 157 Å². The Bertz CT molecular complexity index is 997. The minimum absolute atomic E-state index is 0.114. The van der Waals surface area contributed by atoms with Crippen LogP contribution in [0.4, 0.5) is 0 Å². The molecule has 4 nitrogen and oxygen atoms in total. The number of rotatable bonds is 5. The zero-order chi connectivity index (χ0) is 18.4. The Balaban J connectivity index is 1.46. The molecule has 0 radical (unpaired) electrons. The van der Waals surface area contributed by atoms with Crippen molar-refractivity contribution in [2.24, 2.45) is 0 Å². The number of carbonyl (C=O) groups excluding carboxylic acids is 1. The highest BCUT2D eigenvalue weighted by Gasteiger charge is 2.51. The summed E-state index contributed by atoms with van der Waals surface area (Å²) in [4.78, 5) is 13.7. The third-order valence-corrected chi connectivity index (χ3v) is 8.12. The molecule has 2 atom stereocenters. The highest BCUT2D eigenvalue weighted by atomic mass is 32.2. The molecule has 1 saturated carbocycles. The summed E-state index contributed by atoms with van der Waals surface area (Å²) in [5, 5.41) is 5.04. The van der Waals surface area contributed by atoms with E-state index in [0.717, 1.165) is 24.0 Å². The maximum atomic E-state index is 12.5. The van der Waals surface area contributed by atoms with Crippen molar-refractivity contribution in [1.82, 2.24) is 5.32 Å². The van der Waals surface area contributed by atoms with E-state index in [9.17, 15) is 9.00 Å². The number of allylic oxidation sites excluding steroid dienone is 2. The van der Waals surface area contributed by atoms with E-state index in [2.05, 4.69) is 11.4 Å². The lowest BCUT2D eigenvalue weighted by atomic mass is 10.1. The van der Waals surface area contributed by atoms with Crippen molar-refractivity contribution < 1.29 is 9.00 Å². The number of carbonyl (C=O) groups is 1. The summed E-state index contributed by atoms with van der Waals surface area (Å²) in [5.74, 6) is -0.136. The minimum Gasteiger partial charge on any atom is -0.342 e. The average Bonchev–Trinajstić information content (AvgIpc) is 3.03. The summed E-state index contributed by atoms with van der Waals surface area (Å²) >= 11 is 1.68. The Hall–Kier alpha value is -2.18. The normalized spacial score (nSPS) is 22.5. The van der Waals surface area contributed by atoms with Crippen molar-refractivity contribution in [2.75, 3.05) is 6.26 Å². The maximum absolute atomic E-state index is 12.5. The second-order valence-electron chi connectivity index (χ2n) is 6.87. The number of nitrogens with one attached hydrogen (secondary N) is 2. The van der Waals surface area contributed by atoms with E-state index >= 15 is 0 Å². The van der Waals surface area contributed by atoms with Gasteiger partial charge in [0.25, 0.3) is 5.91 Å². The van der Waals surface area contributed by atoms with Crippen molar-refractivity contribution in [3.63, 3.8) is 0 Å². The molecule has 26 heavy (non-hydrogen) atoms. The molecule has 1 aromatic heterocycles. The lowest BCUT2D eigenvalue weighted by Gasteiger charge is -2.16. The molecule has 0 aliphatic heterocycles. The van der Waals surface area contributed by atoms with Crippen LogP contribution < -0.4 is 5.32 Å². The van der Waals surface area contributed by atoms with Gasteiger partial charge in [-0.05, 0) is 53.6 Å². The smallest absolute Gasteiger partial charge is 0.251 e. The molecule has 134 valence electrons. The van der Waals surface area contributed by atoms with E-state index in [1.165, 1.54) is 11.1 Å². The summed E-state index contributed by atoms with van der Waals surface area (Å²) in [6.45, 7) is 0. The summed E-state index contributed by atoms with van der Waals surface area (Å²) in [6, 6.07) is 11.2. The third kappa shape index (κ3) is 3.04. The van der Waals surface area contributed by atoms with Crippen molar-refractivity contribution in [1.29, 1.82) is 4.78 Å². The van der Waals surface area contributed by atoms with Gasteiger partial charge in [0.2, 0.25) is 0 Å². The van der Waals surface area contributed by atoms with Gasteiger partial charge < -0.3 is 5.32 Å². The van der Waals surface area contributed by atoms with Gasteiger partial charge in [0.1, 0.15) is 0 Å². The first-order chi connectivity index (χ1) is 12.4. The first kappa shape index (κ1) is 17.2. The number of benzene rings is 1. The Morgan fingerprint density at radius 3 is 2.58 bits per heavy atom. The number of amides is 1. The van der Waals surface area contributed by atoms with E-state index in [1.54, 1.807) is 23.5 Å². The second kappa shape index (κ2) is 6.21. The van der Waals surface area contributed by atoms with Crippen LogP contribution in [0.25, 0.3) is 5.57 Å². The van der Waals surface area contributed by atoms with Gasteiger partial charge in [-0.1, -0.05) is 30.4 Å². The molecule has 2 aromatic rings. The van der Waals surface area contributed by atoms with Crippen LogP contribution in [-0.4, -0.2) is 22.4 Å². The first-order valence-corrected chi connectivity index (χ1v) is 11.3. The van der Waals surface area contributed by atoms with Gasteiger partial charge in [-0.25, -0.2) is 4.21 Å². The van der Waals surface area contributed by atoms with Crippen LogP contribution in [0, 0.1) is 4.78 Å². The number of hydrogen-bond donors (Lipinski definition) is 2. The predicted octanol–water partition coefficient (Wildman–Crippen LogP) is 4.17. The Kier molecular flexibility index (Phi) is 4.12. The molecule has 2 aliphatic carbocycles. The lowest BCUT2D eigenvalue weighted by Crippen LogP contribution is -2.31. The predicted molar refractivity (Wildman–Crippen MR) is 107 cm³/mol. The fourth-order valence-corrected chi connectivity index (χ4v) is 5.59. The van der Waals surface area contributed by atoms with Crippen molar-refractivity contribution >= 4 is 32.5 Å². The lowest BCUT2D eigenvalue weighted by molar-refractivity contribution is 0.0950. The highest BCUT2D eigenvalue weighted by Crippen LogP contribution is 2.52. The molecule has 1 heterocycles. The molecule has 6 heteroatoms. The zero-order valence-electron chi connectivity index (χ0n) is 14.4. The molecule has 1 aromatic carbocycles. The van der Waals surface area contributed by atoms with Crippen molar-refractivity contribution in [2.45, 2.75) is 23.6 Å². The van der Waals surface area contributed by atoms with Crippen molar-refractivity contribution in [3.05, 3.63) is 76.0 Å². The fourth-order valence-electron chi connectivity index (χ4n) is 3.39. The molecule has 1 fully saturated rings. The SMILES string of the molecule is CS(=N)(=O)C1(c2ccc(C(=O)NC3C=CC(c4cccs4)=C3)cc2)CC1. The summed E-state index contributed by atoms with van der Waals surface area (Å²) in [6.07, 6.45) is 9.12. The molecule has 0 saturated heterocycles. The molecule has 2 N–H and O–H groups in total. The molecule has 2 aliphatic rings. The summed E-state index contributed by atoms with van der Waals surface area (Å²) in [7, 11) is -2.64. The standard InChI is InChI=1S/C20H20N2O2S2/c1-26(21,24)20(10-11-20)16-7-4-14(5-8-16)19(23)22-17-9-6-15(13-17)18-3-2-12-25-18/h2-9,12-13,17,21H,10-11H2,1H3,(H,22,23). The maximum Gasteiger partial charge on any atom is 0.251 e. The average molecular weight is 385 g/mol. The molecular formula is C20H20N2O2S2. The monoisotopic (exact) mass is 384 g/mol. The van der Waals surface area contributed by atoms with E-state index in [1.807, 2.05) is 41.8 Å². The largest absolute Gasteiger partial charge is 0.342 e. The molecule has 1 amide bonds. The van der Waals surface area contributed by atoms with Crippen LogP contribution in [0.3, 0.4) is 0 Å². The molecule has 4 rings (SSSR count). The second-order valence-corrected chi connectivity index (χ2v) is 10.3. The Morgan fingerprint density at radius 1 is 1.27 bits per heavy atom. The summed E-state index contributed by atoms with van der Waals surface area (Å²) < 4.78 is 19.6. The van der Waals surface area contributed by atoms with Gasteiger partial charge in [-0.2, -0.15) is 0 Å². The van der Waals surface area contributed by atoms with Crippen LogP contribution in [0.2, 0.25) is 0 Å². The zero-order valence-corrected chi connectivity index (χ0v) is 16.0. The van der Waals surface area contributed by atoms with Crippen LogP contribution in [0.15, 0.2) is 60.0 Å². The molecule has 2 unspecified atom stereocenters. The quantitative estimate of drug-likeness (QED) is 0.812. The van der Waals surface area contributed by atoms with Gasteiger partial charge in [-0.15, -0.1) is 11.3 Å². The van der Waals surface area contributed by atoms with E-state index < -0.39 is 14.5 Å². The van der Waals surface area contributed by atoms with E-state index in [4.69, 9.17) is 4.78 Å². The van der Waals surface area contributed by atoms with E-state index in [0.29, 0.717) is 5.56 Å². The van der Waals surface area contributed by atoms with Gasteiger partial charge >= 0.3 is 0 Å². The van der Waals surface area contributed by atoms with E-state index in [-0.39, 0.29) is 11.9 Å². The van der Waals surface area contributed by atoms with Crippen LogP contribution in [-0.2, 0) is 14.5 Å². The molecular weight excluding hydrogens is 364 g/mol. The van der Waals surface area contributed by atoms with Crippen LogP contribution >= 0.6 is 11.3 Å². The van der Waals surface area contributed by atoms with Crippen molar-refractivity contribution in [3.8, 4) is 0 Å². The van der Waals surface area contributed by atoms with Crippen LogP contribution in [0.1, 0.15) is 33.6 Å². The molecule has 0 spiro atoms. The van der Waals surface area contributed by atoms with Gasteiger partial charge in [0.05, 0.1) is 20.5 Å². The summed E-state index contributed by atoms with van der Waals surface area (Å²) in [5.41, 5.74) is 2.60. The topological polar surface area (TPSA) is 70.0 Å². The Morgan fingerprint density at radius 2 is 2.00 bits per heavy atom. The highest BCUT2D eigenvalue weighted by molar-refractivity contribution is 7.93. The number of hydrogen-bond acceptors (Lipinski definition) is 4. The minimum atomic E-state index is -2.64.